The Bertz CT molecular complexity index is 689. The highest BCUT2D eigenvalue weighted by atomic mass is 16.5. The van der Waals surface area contributed by atoms with Gasteiger partial charge in [-0.3, -0.25) is 4.79 Å². The molecule has 2 aromatic rings. The van der Waals surface area contributed by atoms with E-state index in [4.69, 9.17) is 10.5 Å². The second kappa shape index (κ2) is 6.47. The average Bonchev–Trinajstić information content (AvgIpc) is 2.76. The maximum atomic E-state index is 12.2. The molecule has 22 heavy (non-hydrogen) atoms. The third-order valence-corrected chi connectivity index (χ3v) is 3.66. The lowest BCUT2D eigenvalue weighted by atomic mass is 10.2. The van der Waals surface area contributed by atoms with Crippen LogP contribution < -0.4 is 5.73 Å². The molecule has 0 saturated carbocycles. The second-order valence-electron chi connectivity index (χ2n) is 5.31. The highest BCUT2D eigenvalue weighted by Crippen LogP contribution is 2.18. The van der Waals surface area contributed by atoms with E-state index >= 15 is 0 Å². The Morgan fingerprint density at radius 1 is 1.23 bits per heavy atom. The van der Waals surface area contributed by atoms with Gasteiger partial charge in [-0.2, -0.15) is 0 Å². The predicted molar refractivity (Wildman–Crippen MR) is 83.5 cm³/mol. The number of hydrogen-bond donors (Lipinski definition) is 1. The monoisotopic (exact) mass is 300 g/mol. The summed E-state index contributed by atoms with van der Waals surface area (Å²) in [5.74, 6) is -1.19. The van der Waals surface area contributed by atoms with Crippen molar-refractivity contribution in [2.24, 2.45) is 5.73 Å². The summed E-state index contributed by atoms with van der Waals surface area (Å²) in [6.45, 7) is 5.94. The number of ether oxygens (including phenoxy) is 1. The van der Waals surface area contributed by atoms with Crippen molar-refractivity contribution < 1.29 is 14.3 Å². The van der Waals surface area contributed by atoms with Crippen LogP contribution in [0.25, 0.3) is 0 Å². The van der Waals surface area contributed by atoms with Gasteiger partial charge >= 0.3 is 5.97 Å². The van der Waals surface area contributed by atoms with Crippen LogP contribution in [0.15, 0.2) is 36.4 Å². The fourth-order valence-corrected chi connectivity index (χ4v) is 2.30. The van der Waals surface area contributed by atoms with Gasteiger partial charge in [-0.1, -0.05) is 30.3 Å². The van der Waals surface area contributed by atoms with E-state index in [1.54, 1.807) is 6.07 Å². The Labute approximate surface area is 129 Å². The van der Waals surface area contributed by atoms with E-state index in [0.717, 1.165) is 17.0 Å². The molecular formula is C17H20N2O3. The lowest BCUT2D eigenvalue weighted by molar-refractivity contribution is -0.125. The van der Waals surface area contributed by atoms with Gasteiger partial charge in [0.2, 0.25) is 0 Å². The van der Waals surface area contributed by atoms with Crippen LogP contribution in [0, 0.1) is 13.8 Å². The molecule has 0 spiro atoms. The van der Waals surface area contributed by atoms with Crippen molar-refractivity contribution >= 4 is 11.9 Å². The minimum Gasteiger partial charge on any atom is -0.449 e. The summed E-state index contributed by atoms with van der Waals surface area (Å²) >= 11 is 0. The number of carbonyl (C=O) groups is 2. The van der Waals surface area contributed by atoms with E-state index < -0.39 is 18.0 Å². The number of primary amides is 1. The number of carbonyl (C=O) groups excluding carboxylic acids is 2. The quantitative estimate of drug-likeness (QED) is 0.860. The third-order valence-electron chi connectivity index (χ3n) is 3.66. The molecule has 1 aromatic carbocycles. The number of esters is 1. The summed E-state index contributed by atoms with van der Waals surface area (Å²) in [6.07, 6.45) is -0.940. The van der Waals surface area contributed by atoms with E-state index in [9.17, 15) is 9.59 Å². The van der Waals surface area contributed by atoms with Crippen molar-refractivity contribution in [3.05, 3.63) is 58.9 Å². The zero-order valence-corrected chi connectivity index (χ0v) is 13.0. The molecular weight excluding hydrogens is 280 g/mol. The maximum absolute atomic E-state index is 12.2. The molecule has 1 heterocycles. The van der Waals surface area contributed by atoms with Gasteiger partial charge in [-0.05, 0) is 32.4 Å². The molecule has 5 heteroatoms. The number of amides is 1. The molecule has 0 aliphatic rings. The molecule has 1 unspecified atom stereocenters. The zero-order valence-electron chi connectivity index (χ0n) is 13.0. The Morgan fingerprint density at radius 2 is 1.86 bits per heavy atom. The van der Waals surface area contributed by atoms with E-state index in [1.807, 2.05) is 48.7 Å². The van der Waals surface area contributed by atoms with Crippen molar-refractivity contribution in [3.63, 3.8) is 0 Å². The summed E-state index contributed by atoms with van der Waals surface area (Å²) < 4.78 is 7.11. The SMILES string of the molecule is Cc1cc(C(=O)OC(C)C(N)=O)c(C)n1Cc1ccccc1. The molecule has 0 radical (unpaired) electrons. The van der Waals surface area contributed by atoms with Crippen LogP contribution in [0.2, 0.25) is 0 Å². The summed E-state index contributed by atoms with van der Waals surface area (Å²) in [5.41, 5.74) is 8.49. The van der Waals surface area contributed by atoms with Gasteiger partial charge in [0.15, 0.2) is 6.10 Å². The second-order valence-corrected chi connectivity index (χ2v) is 5.31. The van der Waals surface area contributed by atoms with Gasteiger partial charge in [0.25, 0.3) is 5.91 Å². The number of hydrogen-bond acceptors (Lipinski definition) is 3. The first-order valence-electron chi connectivity index (χ1n) is 7.11. The first kappa shape index (κ1) is 15.8. The molecule has 116 valence electrons. The van der Waals surface area contributed by atoms with Crippen molar-refractivity contribution in [1.82, 2.24) is 4.57 Å². The summed E-state index contributed by atoms with van der Waals surface area (Å²) in [5, 5.41) is 0. The van der Waals surface area contributed by atoms with Gasteiger partial charge in [-0.15, -0.1) is 0 Å². The van der Waals surface area contributed by atoms with Gasteiger partial charge in [0, 0.05) is 17.9 Å². The predicted octanol–water partition coefficient (Wildman–Crippen LogP) is 2.18. The van der Waals surface area contributed by atoms with Crippen molar-refractivity contribution in [1.29, 1.82) is 0 Å². The molecule has 0 fully saturated rings. The zero-order chi connectivity index (χ0) is 16.3. The summed E-state index contributed by atoms with van der Waals surface area (Å²) in [6, 6.07) is 11.8. The van der Waals surface area contributed by atoms with E-state index in [1.165, 1.54) is 6.92 Å². The molecule has 1 atom stereocenters. The Kier molecular flexibility index (Phi) is 4.65. The Morgan fingerprint density at radius 3 is 2.45 bits per heavy atom. The number of aryl methyl sites for hydroxylation is 1. The Hall–Kier alpha value is -2.56. The molecule has 0 aliphatic heterocycles. The number of rotatable bonds is 5. The number of aromatic nitrogens is 1. The van der Waals surface area contributed by atoms with Crippen LogP contribution >= 0.6 is 0 Å². The van der Waals surface area contributed by atoms with Gasteiger partial charge in [-0.25, -0.2) is 4.79 Å². The molecule has 0 bridgehead atoms. The van der Waals surface area contributed by atoms with Gasteiger partial charge in [0.1, 0.15) is 0 Å². The van der Waals surface area contributed by atoms with Crippen LogP contribution in [0.5, 0.6) is 0 Å². The third kappa shape index (κ3) is 3.36. The molecule has 1 amide bonds. The first-order valence-corrected chi connectivity index (χ1v) is 7.11. The van der Waals surface area contributed by atoms with Crippen molar-refractivity contribution in [2.75, 3.05) is 0 Å². The topological polar surface area (TPSA) is 74.3 Å². The van der Waals surface area contributed by atoms with E-state index in [-0.39, 0.29) is 0 Å². The molecule has 0 saturated heterocycles. The standard InChI is InChI=1S/C17H20N2O3/c1-11-9-15(17(21)22-13(3)16(18)20)12(2)19(11)10-14-7-5-4-6-8-14/h4-9,13H,10H2,1-3H3,(H2,18,20). The smallest absolute Gasteiger partial charge is 0.340 e. The summed E-state index contributed by atoms with van der Waals surface area (Å²) in [7, 11) is 0. The van der Waals surface area contributed by atoms with Crippen LogP contribution in [0.1, 0.15) is 34.2 Å². The lowest BCUT2D eigenvalue weighted by Gasteiger charge is -2.11. The average molecular weight is 300 g/mol. The molecule has 2 rings (SSSR count). The highest BCUT2D eigenvalue weighted by molar-refractivity contribution is 5.93. The Balaban J connectivity index is 2.23. The summed E-state index contributed by atoms with van der Waals surface area (Å²) in [4.78, 5) is 23.2. The highest BCUT2D eigenvalue weighted by Gasteiger charge is 2.21. The number of benzene rings is 1. The minimum atomic E-state index is -0.940. The van der Waals surface area contributed by atoms with Gasteiger partial charge in [0.05, 0.1) is 5.56 Å². The van der Waals surface area contributed by atoms with E-state index in [2.05, 4.69) is 0 Å². The molecule has 2 N–H and O–H groups in total. The van der Waals surface area contributed by atoms with Crippen molar-refractivity contribution in [2.45, 2.75) is 33.4 Å². The number of nitrogens with zero attached hydrogens (tertiary/aromatic N) is 1. The van der Waals surface area contributed by atoms with Crippen LogP contribution in [0.3, 0.4) is 0 Å². The molecule has 1 aromatic heterocycles. The largest absolute Gasteiger partial charge is 0.449 e. The lowest BCUT2D eigenvalue weighted by Crippen LogP contribution is -2.30. The van der Waals surface area contributed by atoms with E-state index in [0.29, 0.717) is 12.1 Å². The maximum Gasteiger partial charge on any atom is 0.340 e. The molecule has 5 nitrogen and oxygen atoms in total. The van der Waals surface area contributed by atoms with Crippen molar-refractivity contribution in [3.8, 4) is 0 Å². The van der Waals surface area contributed by atoms with Crippen LogP contribution in [-0.2, 0) is 16.1 Å². The number of nitrogens with two attached hydrogens (primary N) is 1. The van der Waals surface area contributed by atoms with Gasteiger partial charge < -0.3 is 15.0 Å². The first-order chi connectivity index (χ1) is 10.4. The molecule has 0 aliphatic carbocycles. The van der Waals surface area contributed by atoms with Crippen LogP contribution in [0.4, 0.5) is 0 Å². The fraction of sp³-hybridized carbons (Fsp3) is 0.294. The fourth-order valence-electron chi connectivity index (χ4n) is 2.30. The minimum absolute atomic E-state index is 0.460. The normalized spacial score (nSPS) is 12.0. The van der Waals surface area contributed by atoms with Crippen LogP contribution in [-0.4, -0.2) is 22.5 Å².